The number of esters is 2. The van der Waals surface area contributed by atoms with Crippen LogP contribution >= 0.6 is 0 Å². The summed E-state index contributed by atoms with van der Waals surface area (Å²) in [5.41, 5.74) is 1.79. The van der Waals surface area contributed by atoms with E-state index in [0.29, 0.717) is 0 Å². The summed E-state index contributed by atoms with van der Waals surface area (Å²) < 4.78 is 12.1. The molecule has 0 aromatic heterocycles. The minimum Gasteiger partial charge on any atom is -0.462 e. The molecule has 0 unspecified atom stereocenters. The first-order valence-corrected chi connectivity index (χ1v) is 13.8. The van der Waals surface area contributed by atoms with E-state index in [4.69, 9.17) is 9.47 Å². The first-order valence-electron chi connectivity index (χ1n) is 13.8. The molecule has 5 aliphatic carbocycles. The summed E-state index contributed by atoms with van der Waals surface area (Å²) in [7, 11) is 1.51. The van der Waals surface area contributed by atoms with Gasteiger partial charge in [0.15, 0.2) is 0 Å². The van der Waals surface area contributed by atoms with Crippen LogP contribution < -0.4 is 0 Å². The molecule has 1 aromatic carbocycles. The first kappa shape index (κ1) is 23.7. The van der Waals surface area contributed by atoms with Gasteiger partial charge in [-0.3, -0.25) is 24.1 Å². The van der Waals surface area contributed by atoms with Gasteiger partial charge < -0.3 is 9.47 Å². The molecular weight excluding hydrogens is 458 g/mol. The maximum atomic E-state index is 13.9. The van der Waals surface area contributed by atoms with Gasteiger partial charge in [-0.2, -0.15) is 0 Å². The van der Waals surface area contributed by atoms with Crippen LogP contribution in [0.15, 0.2) is 24.3 Å². The Morgan fingerprint density at radius 2 is 1.06 bits per heavy atom. The Balaban J connectivity index is 1.42. The molecule has 3 saturated carbocycles. The Bertz CT molecular complexity index is 988. The second-order valence-electron chi connectivity index (χ2n) is 11.4. The molecular formula is C29H35NO6. The van der Waals surface area contributed by atoms with E-state index in [1.807, 2.05) is 24.3 Å². The number of likely N-dealkylation sites (tertiary alicyclic amines) is 1. The van der Waals surface area contributed by atoms with E-state index in [9.17, 15) is 19.2 Å². The van der Waals surface area contributed by atoms with Crippen LogP contribution in [-0.4, -0.2) is 47.9 Å². The lowest BCUT2D eigenvalue weighted by Gasteiger charge is -2.52. The molecule has 2 amide bonds. The van der Waals surface area contributed by atoms with Gasteiger partial charge in [0.05, 0.1) is 23.7 Å². The van der Waals surface area contributed by atoms with E-state index in [0.717, 1.165) is 75.3 Å². The molecule has 7 rings (SSSR count). The van der Waals surface area contributed by atoms with E-state index < -0.39 is 47.4 Å². The molecule has 1 saturated heterocycles. The average Bonchev–Trinajstić information content (AvgIpc) is 3.14. The quantitative estimate of drug-likeness (QED) is 0.464. The number of ether oxygens (including phenoxy) is 2. The predicted octanol–water partition coefficient (Wildman–Crippen LogP) is 4.10. The normalized spacial score (nSPS) is 34.3. The number of carbonyl (C=O) groups is 4. The molecule has 2 bridgehead atoms. The molecule has 0 spiro atoms. The van der Waals surface area contributed by atoms with Crippen molar-refractivity contribution in [1.82, 2.24) is 4.90 Å². The maximum absolute atomic E-state index is 13.9. The Morgan fingerprint density at radius 1 is 0.667 bits per heavy atom. The predicted molar refractivity (Wildman–Crippen MR) is 130 cm³/mol. The zero-order chi connectivity index (χ0) is 25.0. The molecule has 4 fully saturated rings. The summed E-state index contributed by atoms with van der Waals surface area (Å²) in [6.45, 7) is 0. The molecule has 0 radical (unpaired) electrons. The summed E-state index contributed by atoms with van der Waals surface area (Å²) >= 11 is 0. The van der Waals surface area contributed by atoms with Crippen LogP contribution in [0, 0.1) is 23.7 Å². The third-order valence-corrected chi connectivity index (χ3v) is 9.48. The van der Waals surface area contributed by atoms with Crippen LogP contribution in [0.3, 0.4) is 0 Å². The first-order chi connectivity index (χ1) is 17.5. The summed E-state index contributed by atoms with van der Waals surface area (Å²) in [5.74, 6) is -5.44. The molecule has 1 aliphatic heterocycles. The van der Waals surface area contributed by atoms with Crippen molar-refractivity contribution in [3.8, 4) is 0 Å². The highest BCUT2D eigenvalue weighted by Crippen LogP contribution is 2.63. The van der Waals surface area contributed by atoms with Crippen molar-refractivity contribution < 1.29 is 28.7 Å². The van der Waals surface area contributed by atoms with Crippen LogP contribution in [0.1, 0.15) is 87.2 Å². The number of rotatable bonds is 4. The van der Waals surface area contributed by atoms with Crippen molar-refractivity contribution in [2.45, 2.75) is 88.3 Å². The van der Waals surface area contributed by atoms with Crippen molar-refractivity contribution >= 4 is 23.8 Å². The van der Waals surface area contributed by atoms with Crippen molar-refractivity contribution in [2.24, 2.45) is 23.7 Å². The van der Waals surface area contributed by atoms with Crippen molar-refractivity contribution in [1.29, 1.82) is 0 Å². The number of hydrogen-bond donors (Lipinski definition) is 0. The molecule has 6 aliphatic rings. The Morgan fingerprint density at radius 3 is 1.44 bits per heavy atom. The van der Waals surface area contributed by atoms with Gasteiger partial charge in [0.25, 0.3) is 0 Å². The maximum Gasteiger partial charge on any atom is 0.310 e. The highest BCUT2D eigenvalue weighted by Gasteiger charge is 2.68. The van der Waals surface area contributed by atoms with Crippen LogP contribution in [-0.2, 0) is 28.7 Å². The van der Waals surface area contributed by atoms with Gasteiger partial charge in [-0.1, -0.05) is 37.1 Å². The molecule has 1 heterocycles. The fourth-order valence-corrected chi connectivity index (χ4v) is 7.84. The Labute approximate surface area is 211 Å². The van der Waals surface area contributed by atoms with E-state index in [2.05, 4.69) is 0 Å². The third-order valence-electron chi connectivity index (χ3n) is 9.48. The van der Waals surface area contributed by atoms with Gasteiger partial charge in [0.1, 0.15) is 12.2 Å². The van der Waals surface area contributed by atoms with Crippen LogP contribution in [0.4, 0.5) is 0 Å². The summed E-state index contributed by atoms with van der Waals surface area (Å²) in [6.07, 6.45) is 9.35. The fourth-order valence-electron chi connectivity index (χ4n) is 7.84. The third kappa shape index (κ3) is 3.69. The van der Waals surface area contributed by atoms with Crippen LogP contribution in [0.25, 0.3) is 0 Å². The number of imide groups is 1. The van der Waals surface area contributed by atoms with Crippen molar-refractivity contribution in [3.05, 3.63) is 35.4 Å². The van der Waals surface area contributed by atoms with Gasteiger partial charge in [-0.05, 0) is 62.5 Å². The van der Waals surface area contributed by atoms with Gasteiger partial charge in [0.2, 0.25) is 11.8 Å². The fraction of sp³-hybridized carbons (Fsp3) is 0.655. The van der Waals surface area contributed by atoms with Crippen molar-refractivity contribution in [2.75, 3.05) is 7.05 Å². The SMILES string of the molecule is CN1C(=O)[C@@H]2[C@H](C1=O)[C@@H]1c3ccccc3[C@H]2[C@@H](C(=O)OC2CCCCC2)[C@@H]1C(=O)OC1CCCCC1. The summed E-state index contributed by atoms with van der Waals surface area (Å²) in [4.78, 5) is 55.7. The molecule has 0 N–H and O–H groups in total. The minimum absolute atomic E-state index is 0.156. The number of amides is 2. The number of fused-ring (bicyclic) bond motifs is 1. The van der Waals surface area contributed by atoms with E-state index >= 15 is 0 Å². The van der Waals surface area contributed by atoms with Gasteiger partial charge >= 0.3 is 11.9 Å². The number of nitrogens with zero attached hydrogens (tertiary/aromatic N) is 1. The molecule has 192 valence electrons. The van der Waals surface area contributed by atoms with E-state index in [-0.39, 0.29) is 24.0 Å². The molecule has 36 heavy (non-hydrogen) atoms. The molecule has 6 atom stereocenters. The Hall–Kier alpha value is -2.70. The number of hydrogen-bond acceptors (Lipinski definition) is 6. The molecule has 7 heteroatoms. The Kier molecular flexibility index (Phi) is 6.12. The van der Waals surface area contributed by atoms with Crippen molar-refractivity contribution in [3.63, 3.8) is 0 Å². The lowest BCUT2D eigenvalue weighted by molar-refractivity contribution is -0.177. The lowest BCUT2D eigenvalue weighted by Crippen LogP contribution is -2.55. The average molecular weight is 494 g/mol. The molecule has 1 aromatic rings. The van der Waals surface area contributed by atoms with Gasteiger partial charge in [0, 0.05) is 18.9 Å². The second-order valence-corrected chi connectivity index (χ2v) is 11.4. The van der Waals surface area contributed by atoms with Gasteiger partial charge in [-0.15, -0.1) is 0 Å². The second kappa shape index (κ2) is 9.31. The number of carbonyl (C=O) groups excluding carboxylic acids is 4. The smallest absolute Gasteiger partial charge is 0.310 e. The highest BCUT2D eigenvalue weighted by atomic mass is 16.6. The topological polar surface area (TPSA) is 90.0 Å². The van der Waals surface area contributed by atoms with Crippen LogP contribution in [0.2, 0.25) is 0 Å². The lowest BCUT2D eigenvalue weighted by atomic mass is 9.49. The molecule has 7 nitrogen and oxygen atoms in total. The van der Waals surface area contributed by atoms with E-state index in [1.54, 1.807) is 0 Å². The number of benzene rings is 1. The summed E-state index contributed by atoms with van der Waals surface area (Å²) in [6, 6.07) is 7.70. The summed E-state index contributed by atoms with van der Waals surface area (Å²) in [5, 5.41) is 0. The van der Waals surface area contributed by atoms with E-state index in [1.165, 1.54) is 11.9 Å². The standard InChI is InChI=1S/C29H35NO6/c1-30-26(31)22-20-18-14-8-9-15-19(18)21(23(22)27(30)32)25(29(34)36-17-12-6-3-7-13-17)24(20)28(33)35-16-10-4-2-5-11-16/h8-9,14-17,20-25H,2-7,10-13H2,1H3/t20-,21+,22+,23-,24-,25-/m1/s1. The zero-order valence-corrected chi connectivity index (χ0v) is 20.9. The van der Waals surface area contributed by atoms with Crippen LogP contribution in [0.5, 0.6) is 0 Å². The highest BCUT2D eigenvalue weighted by molar-refractivity contribution is 6.07. The largest absolute Gasteiger partial charge is 0.462 e. The minimum atomic E-state index is -0.826. The van der Waals surface area contributed by atoms with Gasteiger partial charge in [-0.25, -0.2) is 0 Å². The zero-order valence-electron chi connectivity index (χ0n) is 20.9. The monoisotopic (exact) mass is 493 g/mol.